The third kappa shape index (κ3) is 7.72. The second kappa shape index (κ2) is 11.0. The molecule has 1 fully saturated rings. The van der Waals surface area contributed by atoms with Crippen molar-refractivity contribution in [1.29, 1.82) is 0 Å². The zero-order chi connectivity index (χ0) is 17.9. The van der Waals surface area contributed by atoms with Gasteiger partial charge >= 0.3 is 0 Å². The Morgan fingerprint density at radius 1 is 1.04 bits per heavy atom. The minimum absolute atomic E-state index is 0.774. The van der Waals surface area contributed by atoms with Crippen LogP contribution in [0.5, 0.6) is 0 Å². The van der Waals surface area contributed by atoms with Gasteiger partial charge in [-0.25, -0.2) is 0 Å². The van der Waals surface area contributed by atoms with Crippen LogP contribution < -0.4 is 10.6 Å². The van der Waals surface area contributed by atoms with Crippen molar-refractivity contribution in [1.82, 2.24) is 10.6 Å². The van der Waals surface area contributed by atoms with Gasteiger partial charge in [-0.05, 0) is 39.0 Å². The minimum atomic E-state index is 0.774. The molecule has 24 heavy (non-hydrogen) atoms. The highest BCUT2D eigenvalue weighted by molar-refractivity contribution is 5.41. The van der Waals surface area contributed by atoms with Crippen LogP contribution in [0.15, 0.2) is 60.6 Å². The standard InChI is InChI=1S/C22H36N2/c1-7-17(2)12-11-15-23-20(5)19(4)21(6)24-18(3)16-22-13-9-8-10-14-22/h7,22-24H,3-6,8-16H2,1-2H3/b17-7+. The average molecular weight is 329 g/mol. The Hall–Kier alpha value is -1.70. The smallest absolute Gasteiger partial charge is 0.0396 e. The van der Waals surface area contributed by atoms with Gasteiger partial charge < -0.3 is 10.6 Å². The number of rotatable bonds is 11. The fourth-order valence-electron chi connectivity index (χ4n) is 3.12. The summed E-state index contributed by atoms with van der Waals surface area (Å²) in [7, 11) is 0. The van der Waals surface area contributed by atoms with Crippen molar-refractivity contribution < 1.29 is 0 Å². The molecule has 1 aliphatic carbocycles. The van der Waals surface area contributed by atoms with Crippen molar-refractivity contribution in [2.45, 2.75) is 65.2 Å². The predicted octanol–water partition coefficient (Wildman–Crippen LogP) is 5.98. The van der Waals surface area contributed by atoms with Gasteiger partial charge in [0.05, 0.1) is 0 Å². The molecule has 1 rings (SSSR count). The maximum absolute atomic E-state index is 4.17. The van der Waals surface area contributed by atoms with E-state index < -0.39 is 0 Å². The number of hydrogen-bond donors (Lipinski definition) is 2. The molecule has 0 aromatic rings. The van der Waals surface area contributed by atoms with Crippen LogP contribution in [0.4, 0.5) is 0 Å². The Morgan fingerprint density at radius 2 is 1.71 bits per heavy atom. The Morgan fingerprint density at radius 3 is 2.33 bits per heavy atom. The van der Waals surface area contributed by atoms with E-state index in [0.717, 1.165) is 54.4 Å². The van der Waals surface area contributed by atoms with E-state index in [2.05, 4.69) is 56.9 Å². The predicted molar refractivity (Wildman–Crippen MR) is 108 cm³/mol. The molecule has 1 saturated carbocycles. The Kier molecular flexibility index (Phi) is 9.29. The van der Waals surface area contributed by atoms with Crippen molar-refractivity contribution >= 4 is 0 Å². The van der Waals surface area contributed by atoms with E-state index in [9.17, 15) is 0 Å². The summed E-state index contributed by atoms with van der Waals surface area (Å²) in [5.41, 5.74) is 4.95. The SMILES string of the molecule is C=C(CC1CCCCC1)NC(=C)C(=C)C(=C)NCCC/C(C)=C/C. The van der Waals surface area contributed by atoms with E-state index in [4.69, 9.17) is 0 Å². The molecule has 0 aromatic heterocycles. The minimum Gasteiger partial charge on any atom is -0.385 e. The molecule has 0 spiro atoms. The average Bonchev–Trinajstić information content (AvgIpc) is 2.58. The third-order valence-corrected chi connectivity index (χ3v) is 4.90. The van der Waals surface area contributed by atoms with Gasteiger partial charge in [-0.1, -0.05) is 70.1 Å². The largest absolute Gasteiger partial charge is 0.385 e. The molecule has 0 aliphatic heterocycles. The molecular formula is C22H36N2. The second-order valence-corrected chi connectivity index (χ2v) is 7.04. The highest BCUT2D eigenvalue weighted by atomic mass is 14.9. The molecule has 0 amide bonds. The molecule has 0 heterocycles. The molecule has 2 heteroatoms. The maximum atomic E-state index is 4.17. The van der Waals surface area contributed by atoms with Crippen LogP contribution >= 0.6 is 0 Å². The molecule has 0 bridgehead atoms. The van der Waals surface area contributed by atoms with Crippen molar-refractivity contribution in [3.05, 3.63) is 60.6 Å². The topological polar surface area (TPSA) is 24.1 Å². The summed E-state index contributed by atoms with van der Waals surface area (Å²) in [5.74, 6) is 0.774. The lowest BCUT2D eigenvalue weighted by Crippen LogP contribution is -2.21. The summed E-state index contributed by atoms with van der Waals surface area (Å²) in [6.07, 6.45) is 12.2. The number of hydrogen-bond acceptors (Lipinski definition) is 2. The Bertz CT molecular complexity index is 490. The molecule has 0 unspecified atom stereocenters. The van der Waals surface area contributed by atoms with Crippen LogP contribution in [0.2, 0.25) is 0 Å². The van der Waals surface area contributed by atoms with Gasteiger partial charge in [0.25, 0.3) is 0 Å². The molecule has 0 aromatic carbocycles. The maximum Gasteiger partial charge on any atom is 0.0396 e. The lowest BCUT2D eigenvalue weighted by molar-refractivity contribution is 0.352. The lowest BCUT2D eigenvalue weighted by atomic mass is 9.86. The van der Waals surface area contributed by atoms with Crippen LogP contribution in [0.25, 0.3) is 0 Å². The van der Waals surface area contributed by atoms with Crippen LogP contribution in [0, 0.1) is 5.92 Å². The van der Waals surface area contributed by atoms with Crippen molar-refractivity contribution in [2.75, 3.05) is 6.54 Å². The summed E-state index contributed by atoms with van der Waals surface area (Å²) in [4.78, 5) is 0. The summed E-state index contributed by atoms with van der Waals surface area (Å²) < 4.78 is 0. The van der Waals surface area contributed by atoms with E-state index >= 15 is 0 Å². The number of allylic oxidation sites excluding steroid dienone is 3. The molecule has 0 saturated heterocycles. The summed E-state index contributed by atoms with van der Waals surface area (Å²) in [6, 6.07) is 0. The van der Waals surface area contributed by atoms with Crippen LogP contribution in [0.3, 0.4) is 0 Å². The van der Waals surface area contributed by atoms with Crippen molar-refractivity contribution in [3.63, 3.8) is 0 Å². The quantitative estimate of drug-likeness (QED) is 0.277. The van der Waals surface area contributed by atoms with E-state index in [1.165, 1.54) is 37.7 Å². The molecular weight excluding hydrogens is 292 g/mol. The Balaban J connectivity index is 2.28. The van der Waals surface area contributed by atoms with Gasteiger partial charge in [0.15, 0.2) is 0 Å². The molecule has 134 valence electrons. The lowest BCUT2D eigenvalue weighted by Gasteiger charge is -2.24. The fraction of sp³-hybridized carbons (Fsp3) is 0.545. The van der Waals surface area contributed by atoms with Gasteiger partial charge in [-0.15, -0.1) is 0 Å². The zero-order valence-corrected chi connectivity index (χ0v) is 15.8. The van der Waals surface area contributed by atoms with E-state index in [1.54, 1.807) is 0 Å². The highest BCUT2D eigenvalue weighted by Gasteiger charge is 2.15. The Labute approximate surface area is 149 Å². The number of nitrogens with one attached hydrogen (secondary N) is 2. The molecule has 2 nitrogen and oxygen atoms in total. The molecule has 0 radical (unpaired) electrons. The summed E-state index contributed by atoms with van der Waals surface area (Å²) >= 11 is 0. The third-order valence-electron chi connectivity index (χ3n) is 4.90. The van der Waals surface area contributed by atoms with Crippen LogP contribution in [-0.4, -0.2) is 6.54 Å². The highest BCUT2D eigenvalue weighted by Crippen LogP contribution is 2.28. The first kappa shape index (κ1) is 20.3. The van der Waals surface area contributed by atoms with Gasteiger partial charge in [0.2, 0.25) is 0 Å². The first-order chi connectivity index (χ1) is 11.4. The van der Waals surface area contributed by atoms with E-state index in [0.29, 0.717) is 0 Å². The summed E-state index contributed by atoms with van der Waals surface area (Å²) in [6.45, 7) is 21.6. The second-order valence-electron chi connectivity index (χ2n) is 7.04. The first-order valence-electron chi connectivity index (χ1n) is 9.32. The molecule has 1 aliphatic rings. The van der Waals surface area contributed by atoms with Crippen LogP contribution in [-0.2, 0) is 0 Å². The van der Waals surface area contributed by atoms with Crippen LogP contribution in [0.1, 0.15) is 65.2 Å². The van der Waals surface area contributed by atoms with E-state index in [1.807, 2.05) is 0 Å². The zero-order valence-electron chi connectivity index (χ0n) is 15.8. The van der Waals surface area contributed by atoms with Gasteiger partial charge in [0, 0.05) is 29.2 Å². The normalized spacial score (nSPS) is 15.7. The van der Waals surface area contributed by atoms with E-state index in [-0.39, 0.29) is 0 Å². The molecule has 0 atom stereocenters. The first-order valence-corrected chi connectivity index (χ1v) is 9.32. The van der Waals surface area contributed by atoms with Crippen molar-refractivity contribution in [2.24, 2.45) is 5.92 Å². The monoisotopic (exact) mass is 328 g/mol. The van der Waals surface area contributed by atoms with Gasteiger partial charge in [-0.2, -0.15) is 0 Å². The van der Waals surface area contributed by atoms with Gasteiger partial charge in [0.1, 0.15) is 0 Å². The van der Waals surface area contributed by atoms with Gasteiger partial charge in [-0.3, -0.25) is 0 Å². The molecule has 2 N–H and O–H groups in total. The fourth-order valence-corrected chi connectivity index (χ4v) is 3.12. The summed E-state index contributed by atoms with van der Waals surface area (Å²) in [5, 5.41) is 6.67. The van der Waals surface area contributed by atoms with Crippen molar-refractivity contribution in [3.8, 4) is 0 Å².